The molecule has 88 valence electrons. The van der Waals surface area contributed by atoms with E-state index in [0.29, 0.717) is 6.04 Å². The summed E-state index contributed by atoms with van der Waals surface area (Å²) in [5.41, 5.74) is 2.31. The summed E-state index contributed by atoms with van der Waals surface area (Å²) in [4.78, 5) is 0. The van der Waals surface area contributed by atoms with Crippen LogP contribution >= 0.6 is 11.6 Å². The first kappa shape index (κ1) is 11.8. The summed E-state index contributed by atoms with van der Waals surface area (Å²) in [6, 6.07) is 6.87. The van der Waals surface area contributed by atoms with Crippen LogP contribution in [-0.4, -0.2) is 6.04 Å². The molecule has 1 fully saturated rings. The van der Waals surface area contributed by atoms with Gasteiger partial charge in [-0.15, -0.1) is 0 Å². The largest absolute Gasteiger partial charge is 0.382 e. The molecule has 0 aliphatic heterocycles. The van der Waals surface area contributed by atoms with Gasteiger partial charge in [0.15, 0.2) is 0 Å². The van der Waals surface area contributed by atoms with E-state index in [-0.39, 0.29) is 0 Å². The van der Waals surface area contributed by atoms with Gasteiger partial charge in [0.2, 0.25) is 0 Å². The molecule has 1 nitrogen and oxygen atoms in total. The van der Waals surface area contributed by atoms with Gasteiger partial charge in [-0.3, -0.25) is 0 Å². The molecule has 0 aromatic heterocycles. The van der Waals surface area contributed by atoms with E-state index < -0.39 is 0 Å². The SMILES string of the molecule is Cc1ccc(NC2CCC(C)CC2)cc1Cl. The minimum atomic E-state index is 0.634. The third kappa shape index (κ3) is 2.91. The van der Waals surface area contributed by atoms with Crippen LogP contribution in [0.3, 0.4) is 0 Å². The van der Waals surface area contributed by atoms with Gasteiger partial charge in [0, 0.05) is 16.8 Å². The van der Waals surface area contributed by atoms with Crippen molar-refractivity contribution in [3.05, 3.63) is 28.8 Å². The van der Waals surface area contributed by atoms with Gasteiger partial charge < -0.3 is 5.32 Å². The summed E-state index contributed by atoms with van der Waals surface area (Å²) >= 11 is 6.11. The zero-order valence-corrected chi connectivity index (χ0v) is 10.8. The maximum Gasteiger partial charge on any atom is 0.0455 e. The van der Waals surface area contributed by atoms with Crippen molar-refractivity contribution in [1.82, 2.24) is 0 Å². The Bertz CT molecular complexity index is 354. The summed E-state index contributed by atoms with van der Waals surface area (Å²) in [7, 11) is 0. The lowest BCUT2D eigenvalue weighted by Gasteiger charge is -2.27. The van der Waals surface area contributed by atoms with E-state index in [1.165, 1.54) is 25.7 Å². The Morgan fingerprint density at radius 1 is 1.19 bits per heavy atom. The third-order valence-corrected chi connectivity index (χ3v) is 3.97. The molecule has 0 unspecified atom stereocenters. The second kappa shape index (κ2) is 5.09. The lowest BCUT2D eigenvalue weighted by atomic mass is 9.87. The molecule has 1 N–H and O–H groups in total. The predicted octanol–water partition coefficient (Wildman–Crippen LogP) is 4.64. The van der Waals surface area contributed by atoms with E-state index in [0.717, 1.165) is 22.2 Å². The second-order valence-corrected chi connectivity index (χ2v) is 5.47. The Morgan fingerprint density at radius 3 is 2.50 bits per heavy atom. The van der Waals surface area contributed by atoms with Crippen molar-refractivity contribution in [3.8, 4) is 0 Å². The molecule has 1 aliphatic rings. The summed E-state index contributed by atoms with van der Waals surface area (Å²) in [5.74, 6) is 0.902. The van der Waals surface area contributed by atoms with Crippen molar-refractivity contribution >= 4 is 17.3 Å². The Labute approximate surface area is 103 Å². The molecule has 0 atom stereocenters. The van der Waals surface area contributed by atoms with Crippen LogP contribution in [0, 0.1) is 12.8 Å². The molecular formula is C14H20ClN. The van der Waals surface area contributed by atoms with Crippen LogP contribution in [0.2, 0.25) is 5.02 Å². The number of hydrogen-bond donors (Lipinski definition) is 1. The van der Waals surface area contributed by atoms with Crippen LogP contribution in [-0.2, 0) is 0 Å². The number of halogens is 1. The number of aryl methyl sites for hydroxylation is 1. The van der Waals surface area contributed by atoms with Crippen molar-refractivity contribution in [2.24, 2.45) is 5.92 Å². The van der Waals surface area contributed by atoms with E-state index in [1.807, 2.05) is 13.0 Å². The quantitative estimate of drug-likeness (QED) is 0.790. The first-order valence-corrected chi connectivity index (χ1v) is 6.55. The highest BCUT2D eigenvalue weighted by Gasteiger charge is 2.17. The average Bonchev–Trinajstić information content (AvgIpc) is 2.27. The topological polar surface area (TPSA) is 12.0 Å². The Hall–Kier alpha value is -0.690. The smallest absolute Gasteiger partial charge is 0.0455 e. The van der Waals surface area contributed by atoms with E-state index >= 15 is 0 Å². The molecule has 2 rings (SSSR count). The Balaban J connectivity index is 1.96. The van der Waals surface area contributed by atoms with Crippen LogP contribution in [0.4, 0.5) is 5.69 Å². The molecule has 0 heterocycles. The average molecular weight is 238 g/mol. The fourth-order valence-electron chi connectivity index (χ4n) is 2.32. The van der Waals surface area contributed by atoms with Crippen molar-refractivity contribution in [1.29, 1.82) is 0 Å². The number of nitrogens with one attached hydrogen (secondary N) is 1. The fourth-order valence-corrected chi connectivity index (χ4v) is 2.50. The molecule has 0 amide bonds. The zero-order chi connectivity index (χ0) is 11.5. The number of benzene rings is 1. The molecule has 1 aromatic carbocycles. The molecule has 0 radical (unpaired) electrons. The van der Waals surface area contributed by atoms with Crippen molar-refractivity contribution < 1.29 is 0 Å². The molecule has 2 heteroatoms. The van der Waals surface area contributed by atoms with E-state index in [4.69, 9.17) is 11.6 Å². The summed E-state index contributed by atoms with van der Waals surface area (Å²) in [5, 5.41) is 4.44. The van der Waals surface area contributed by atoms with Crippen LogP contribution in [0.25, 0.3) is 0 Å². The van der Waals surface area contributed by atoms with Crippen molar-refractivity contribution in [3.63, 3.8) is 0 Å². The highest BCUT2D eigenvalue weighted by Crippen LogP contribution is 2.27. The van der Waals surface area contributed by atoms with Gasteiger partial charge in [0.1, 0.15) is 0 Å². The zero-order valence-electron chi connectivity index (χ0n) is 10.1. The van der Waals surface area contributed by atoms with Crippen LogP contribution in [0.15, 0.2) is 18.2 Å². The Morgan fingerprint density at radius 2 is 1.88 bits per heavy atom. The highest BCUT2D eigenvalue weighted by atomic mass is 35.5. The van der Waals surface area contributed by atoms with Crippen LogP contribution in [0.1, 0.15) is 38.2 Å². The lowest BCUT2D eigenvalue weighted by Crippen LogP contribution is -2.25. The number of anilines is 1. The first-order valence-electron chi connectivity index (χ1n) is 6.18. The lowest BCUT2D eigenvalue weighted by molar-refractivity contribution is 0.361. The van der Waals surface area contributed by atoms with Crippen molar-refractivity contribution in [2.45, 2.75) is 45.6 Å². The van der Waals surface area contributed by atoms with E-state index in [2.05, 4.69) is 24.4 Å². The molecule has 0 bridgehead atoms. The normalized spacial score (nSPS) is 25.4. The summed E-state index contributed by atoms with van der Waals surface area (Å²) < 4.78 is 0. The maximum absolute atomic E-state index is 6.11. The molecule has 16 heavy (non-hydrogen) atoms. The monoisotopic (exact) mass is 237 g/mol. The van der Waals surface area contributed by atoms with Crippen LogP contribution in [0.5, 0.6) is 0 Å². The summed E-state index contributed by atoms with van der Waals surface area (Å²) in [6.45, 7) is 4.38. The fraction of sp³-hybridized carbons (Fsp3) is 0.571. The maximum atomic E-state index is 6.11. The van der Waals surface area contributed by atoms with E-state index in [1.54, 1.807) is 0 Å². The van der Waals surface area contributed by atoms with Crippen LogP contribution < -0.4 is 5.32 Å². The molecular weight excluding hydrogens is 218 g/mol. The molecule has 1 aromatic rings. The number of rotatable bonds is 2. The van der Waals surface area contributed by atoms with Gasteiger partial charge in [-0.25, -0.2) is 0 Å². The van der Waals surface area contributed by atoms with Gasteiger partial charge in [-0.05, 0) is 56.2 Å². The predicted molar refractivity (Wildman–Crippen MR) is 71.2 cm³/mol. The standard InChI is InChI=1S/C14H20ClN/c1-10-3-6-12(7-4-10)16-13-8-5-11(2)14(15)9-13/h5,8-10,12,16H,3-4,6-7H2,1-2H3. The van der Waals surface area contributed by atoms with Crippen molar-refractivity contribution in [2.75, 3.05) is 5.32 Å². The number of hydrogen-bond acceptors (Lipinski definition) is 1. The van der Waals surface area contributed by atoms with Gasteiger partial charge in [0.05, 0.1) is 0 Å². The highest BCUT2D eigenvalue weighted by molar-refractivity contribution is 6.31. The first-order chi connectivity index (χ1) is 7.65. The molecule has 0 spiro atoms. The second-order valence-electron chi connectivity index (χ2n) is 5.07. The van der Waals surface area contributed by atoms with E-state index in [9.17, 15) is 0 Å². The van der Waals surface area contributed by atoms with Gasteiger partial charge >= 0.3 is 0 Å². The molecule has 1 saturated carbocycles. The van der Waals surface area contributed by atoms with Gasteiger partial charge in [0.25, 0.3) is 0 Å². The van der Waals surface area contributed by atoms with Gasteiger partial charge in [-0.1, -0.05) is 24.6 Å². The minimum absolute atomic E-state index is 0.634. The minimum Gasteiger partial charge on any atom is -0.382 e. The molecule has 1 aliphatic carbocycles. The Kier molecular flexibility index (Phi) is 3.75. The van der Waals surface area contributed by atoms with Gasteiger partial charge in [-0.2, -0.15) is 0 Å². The third-order valence-electron chi connectivity index (χ3n) is 3.56. The molecule has 0 saturated heterocycles. The summed E-state index contributed by atoms with van der Waals surface area (Å²) in [6.07, 6.45) is 5.26.